The largest absolute Gasteiger partial charge is 0.588 e. The van der Waals surface area contributed by atoms with Gasteiger partial charge in [0.15, 0.2) is 0 Å². The van der Waals surface area contributed by atoms with Crippen LogP contribution in [0.4, 0.5) is 0 Å². The quantitative estimate of drug-likeness (QED) is 0.490. The van der Waals surface area contributed by atoms with Gasteiger partial charge in [-0.15, -0.1) is 0 Å². The van der Waals surface area contributed by atoms with Crippen molar-refractivity contribution < 1.29 is 9.92 Å². The summed E-state index contributed by atoms with van der Waals surface area (Å²) in [5.41, 5.74) is 6.76. The maximum atomic E-state index is 8.47. The first-order valence-corrected chi connectivity index (χ1v) is 4.87. The zero-order valence-corrected chi connectivity index (χ0v) is 8.88. The molecule has 0 spiro atoms. The second-order valence-electron chi connectivity index (χ2n) is 3.70. The molecule has 0 radical (unpaired) electrons. The van der Waals surface area contributed by atoms with Gasteiger partial charge in [0.1, 0.15) is 0 Å². The molecule has 1 fully saturated rings. The normalized spacial score (nSPS) is 16.4. The number of hydrogen-bond donors (Lipinski definition) is 2. The van der Waals surface area contributed by atoms with Gasteiger partial charge in [0.2, 0.25) is 0 Å². The standard InChI is InChI=1S/C9H17N.HN2O2/c1-9(2)8-10-6-4-3-5-7-10;1-2(3)4/h8H,3-7H2,1-2H3;(H-,1,3,4)/q;-1/p+1. The molecule has 82 valence electrons. The summed E-state index contributed by atoms with van der Waals surface area (Å²) in [6.45, 7) is 7.07. The fourth-order valence-corrected chi connectivity index (χ4v) is 1.56. The number of likely N-dealkylation sites (tertiary alicyclic amines) is 1. The van der Waals surface area contributed by atoms with Crippen molar-refractivity contribution in [2.45, 2.75) is 33.1 Å². The molecule has 5 heteroatoms. The van der Waals surface area contributed by atoms with E-state index in [1.54, 1.807) is 4.90 Å². The van der Waals surface area contributed by atoms with E-state index in [0.29, 0.717) is 0 Å². The number of nitrogens with zero attached hydrogens (tertiary/aromatic N) is 1. The Bertz CT molecular complexity index is 190. The summed E-state index contributed by atoms with van der Waals surface area (Å²) in [6.07, 6.45) is 6.64. The minimum absolute atomic E-state index is 1.25. The van der Waals surface area contributed by atoms with E-state index in [2.05, 4.69) is 20.0 Å². The summed E-state index contributed by atoms with van der Waals surface area (Å²) in [7, 11) is 0. The van der Waals surface area contributed by atoms with Gasteiger partial charge < -0.3 is 15.3 Å². The maximum absolute atomic E-state index is 8.47. The van der Waals surface area contributed by atoms with Crippen molar-refractivity contribution in [3.8, 4) is 0 Å². The third-order valence-corrected chi connectivity index (χ3v) is 1.99. The van der Waals surface area contributed by atoms with Crippen LogP contribution in [0.1, 0.15) is 33.1 Å². The number of allylic oxidation sites excluding steroid dienone is 1. The van der Waals surface area contributed by atoms with Crippen LogP contribution in [-0.4, -0.2) is 18.1 Å². The third-order valence-electron chi connectivity index (χ3n) is 1.99. The van der Waals surface area contributed by atoms with E-state index < -0.39 is 5.02 Å². The third kappa shape index (κ3) is 8.99. The average molecular weight is 201 g/mol. The number of piperidine rings is 1. The number of nitrogens with one attached hydrogen (secondary N) is 2. The molecular weight excluding hydrogens is 182 g/mol. The molecule has 1 aliphatic heterocycles. The molecular formula is C9H19N3O2. The summed E-state index contributed by atoms with van der Waals surface area (Å²) in [6, 6.07) is 0. The van der Waals surface area contributed by atoms with E-state index in [0.717, 1.165) is 0 Å². The number of rotatable bonds is 1. The fraction of sp³-hybridized carbons (Fsp3) is 0.778. The minimum atomic E-state index is -1.25. The van der Waals surface area contributed by atoms with Gasteiger partial charge >= 0.3 is 0 Å². The van der Waals surface area contributed by atoms with Gasteiger partial charge in [-0.25, -0.2) is 0 Å². The zero-order valence-electron chi connectivity index (χ0n) is 8.88. The van der Waals surface area contributed by atoms with Crippen molar-refractivity contribution in [2.75, 3.05) is 13.1 Å². The molecule has 1 saturated heterocycles. The molecule has 0 aromatic carbocycles. The first kappa shape index (κ1) is 12.9. The van der Waals surface area contributed by atoms with Crippen LogP contribution in [0, 0.1) is 15.9 Å². The molecule has 0 aromatic rings. The lowest BCUT2D eigenvalue weighted by molar-refractivity contribution is -0.852. The van der Waals surface area contributed by atoms with Gasteiger partial charge in [0.05, 0.1) is 19.3 Å². The van der Waals surface area contributed by atoms with E-state index in [1.165, 1.54) is 37.9 Å². The van der Waals surface area contributed by atoms with Crippen LogP contribution in [0.5, 0.6) is 0 Å². The van der Waals surface area contributed by atoms with Gasteiger partial charge in [-0.2, -0.15) is 0 Å². The van der Waals surface area contributed by atoms with E-state index in [9.17, 15) is 0 Å². The van der Waals surface area contributed by atoms with Crippen LogP contribution < -0.4 is 4.90 Å². The molecule has 0 saturated carbocycles. The van der Waals surface area contributed by atoms with Crippen LogP contribution in [0.25, 0.3) is 0 Å². The molecule has 0 aromatic heterocycles. The lowest BCUT2D eigenvalue weighted by Gasteiger charge is -2.19. The van der Waals surface area contributed by atoms with E-state index in [1.807, 2.05) is 0 Å². The Labute approximate surface area is 84.7 Å². The zero-order chi connectivity index (χ0) is 11.0. The molecule has 1 heterocycles. The Hall–Kier alpha value is -1.10. The molecule has 0 atom stereocenters. The Morgan fingerprint density at radius 2 is 1.64 bits per heavy atom. The lowest BCUT2D eigenvalue weighted by Crippen LogP contribution is -3.08. The van der Waals surface area contributed by atoms with Crippen molar-refractivity contribution in [3.63, 3.8) is 0 Å². The van der Waals surface area contributed by atoms with Crippen LogP contribution >= 0.6 is 0 Å². The topological polar surface area (TPSA) is 77.4 Å². The molecule has 0 aliphatic carbocycles. The van der Waals surface area contributed by atoms with Crippen LogP contribution in [-0.2, 0) is 0 Å². The predicted molar refractivity (Wildman–Crippen MR) is 53.7 cm³/mol. The summed E-state index contributed by atoms with van der Waals surface area (Å²) >= 11 is 0. The van der Waals surface area contributed by atoms with Crippen LogP contribution in [0.3, 0.4) is 0 Å². The van der Waals surface area contributed by atoms with E-state index in [-0.39, 0.29) is 0 Å². The molecule has 0 unspecified atom stereocenters. The summed E-state index contributed by atoms with van der Waals surface area (Å²) in [5.74, 6) is 0. The molecule has 0 bridgehead atoms. The second kappa shape index (κ2) is 7.32. The monoisotopic (exact) mass is 201 g/mol. The molecule has 0 amide bonds. The Balaban J connectivity index is 0.000000364. The highest BCUT2D eigenvalue weighted by molar-refractivity contribution is 4.85. The maximum Gasteiger partial charge on any atom is 0.0928 e. The van der Waals surface area contributed by atoms with Gasteiger partial charge in [-0.1, -0.05) is 5.02 Å². The lowest BCUT2D eigenvalue weighted by atomic mass is 10.1. The first-order valence-electron chi connectivity index (χ1n) is 4.87. The van der Waals surface area contributed by atoms with E-state index >= 15 is 0 Å². The van der Waals surface area contributed by atoms with Crippen LogP contribution in [0.2, 0.25) is 0 Å². The summed E-state index contributed by atoms with van der Waals surface area (Å²) in [5, 5.41) is 15.7. The summed E-state index contributed by atoms with van der Waals surface area (Å²) < 4.78 is 0. The van der Waals surface area contributed by atoms with Crippen molar-refractivity contribution >= 4 is 0 Å². The highest BCUT2D eigenvalue weighted by atomic mass is 16.8. The van der Waals surface area contributed by atoms with Crippen molar-refractivity contribution in [1.82, 2.24) is 0 Å². The Morgan fingerprint density at radius 3 is 2.00 bits per heavy atom. The molecule has 1 aliphatic rings. The SMILES string of the molecule is CC(C)=C[NH+]1CCCCC1.N=[N+]([O-])[O-]. The molecule has 14 heavy (non-hydrogen) atoms. The number of quaternary nitrogens is 1. The highest BCUT2D eigenvalue weighted by Gasteiger charge is 2.09. The fourth-order valence-electron chi connectivity index (χ4n) is 1.56. The van der Waals surface area contributed by atoms with Gasteiger partial charge in [0, 0.05) is 0 Å². The van der Waals surface area contributed by atoms with Gasteiger partial charge in [0.25, 0.3) is 0 Å². The average Bonchev–Trinajstić information content (AvgIpc) is 2.03. The van der Waals surface area contributed by atoms with Crippen molar-refractivity contribution in [1.29, 1.82) is 5.53 Å². The molecule has 2 N–H and O–H groups in total. The molecule has 1 rings (SSSR count). The van der Waals surface area contributed by atoms with Gasteiger partial charge in [-0.05, 0) is 44.2 Å². The predicted octanol–water partition coefficient (Wildman–Crippen LogP) is 1.00. The van der Waals surface area contributed by atoms with Gasteiger partial charge in [-0.3, -0.25) is 0 Å². The first-order chi connectivity index (χ1) is 6.52. The number of hydrogen-bond acceptors (Lipinski definition) is 3. The Morgan fingerprint density at radius 1 is 1.21 bits per heavy atom. The smallest absolute Gasteiger partial charge is 0.0928 e. The minimum Gasteiger partial charge on any atom is -0.588 e. The molecule has 5 nitrogen and oxygen atoms in total. The van der Waals surface area contributed by atoms with Crippen molar-refractivity contribution in [2.24, 2.45) is 0 Å². The highest BCUT2D eigenvalue weighted by Crippen LogP contribution is 1.95. The second-order valence-corrected chi connectivity index (χ2v) is 3.70. The van der Waals surface area contributed by atoms with Crippen molar-refractivity contribution in [3.05, 3.63) is 22.2 Å². The summed E-state index contributed by atoms with van der Waals surface area (Å²) in [4.78, 5) is 1.67. The van der Waals surface area contributed by atoms with E-state index in [4.69, 9.17) is 15.9 Å². The Kier molecular flexibility index (Phi) is 6.74. The van der Waals surface area contributed by atoms with Crippen LogP contribution in [0.15, 0.2) is 11.8 Å².